The Hall–Kier alpha value is -3.35. The number of ether oxygens (including phenoxy) is 1. The van der Waals surface area contributed by atoms with Gasteiger partial charge >= 0.3 is 12.0 Å². The van der Waals surface area contributed by atoms with Gasteiger partial charge in [-0.05, 0) is 24.6 Å². The van der Waals surface area contributed by atoms with Crippen LogP contribution in [0.1, 0.15) is 22.8 Å². The zero-order valence-electron chi connectivity index (χ0n) is 13.7. The summed E-state index contributed by atoms with van der Waals surface area (Å²) < 4.78 is 5.03. The highest BCUT2D eigenvalue weighted by atomic mass is 16.5. The van der Waals surface area contributed by atoms with Crippen LogP contribution in [0.2, 0.25) is 0 Å². The minimum atomic E-state index is -1.14. The fraction of sp³-hybridized carbons (Fsp3) is 0.167. The highest BCUT2D eigenvalue weighted by Crippen LogP contribution is 2.12. The molecule has 1 atom stereocenters. The number of benzene rings is 2. The van der Waals surface area contributed by atoms with Gasteiger partial charge in [0.2, 0.25) is 0 Å². The summed E-state index contributed by atoms with van der Waals surface area (Å²) in [6, 6.07) is 14.9. The SMILES string of the molecule is C[C@@H](OC(=O)c1ccccc1N)C(=O)NC(=O)NCc1ccccc1. The van der Waals surface area contributed by atoms with Crippen molar-refractivity contribution in [2.45, 2.75) is 19.6 Å². The van der Waals surface area contributed by atoms with E-state index in [4.69, 9.17) is 10.5 Å². The van der Waals surface area contributed by atoms with E-state index in [9.17, 15) is 14.4 Å². The summed E-state index contributed by atoms with van der Waals surface area (Å²) in [5.41, 5.74) is 6.99. The molecule has 7 heteroatoms. The van der Waals surface area contributed by atoms with E-state index in [1.807, 2.05) is 30.3 Å². The van der Waals surface area contributed by atoms with Crippen molar-refractivity contribution in [1.29, 1.82) is 0 Å². The molecule has 0 saturated heterocycles. The topological polar surface area (TPSA) is 111 Å². The van der Waals surface area contributed by atoms with Gasteiger partial charge in [0.05, 0.1) is 5.56 Å². The van der Waals surface area contributed by atoms with Crippen LogP contribution in [0.3, 0.4) is 0 Å². The van der Waals surface area contributed by atoms with Crippen LogP contribution in [0.15, 0.2) is 54.6 Å². The molecule has 0 radical (unpaired) electrons. The maximum absolute atomic E-state index is 12.0. The summed E-state index contributed by atoms with van der Waals surface area (Å²) in [6.07, 6.45) is -1.14. The zero-order valence-corrected chi connectivity index (χ0v) is 13.7. The summed E-state index contributed by atoms with van der Waals surface area (Å²) in [5.74, 6) is -1.46. The van der Waals surface area contributed by atoms with Crippen molar-refractivity contribution in [2.75, 3.05) is 5.73 Å². The molecule has 7 nitrogen and oxygen atoms in total. The van der Waals surface area contributed by atoms with Crippen molar-refractivity contribution in [1.82, 2.24) is 10.6 Å². The van der Waals surface area contributed by atoms with Crippen LogP contribution in [0.5, 0.6) is 0 Å². The van der Waals surface area contributed by atoms with E-state index < -0.39 is 24.0 Å². The van der Waals surface area contributed by atoms with E-state index in [0.717, 1.165) is 5.56 Å². The average molecular weight is 341 g/mol. The minimum Gasteiger partial charge on any atom is -0.449 e. The summed E-state index contributed by atoms with van der Waals surface area (Å²) in [6.45, 7) is 1.64. The van der Waals surface area contributed by atoms with E-state index in [1.54, 1.807) is 18.2 Å². The Labute approximate surface area is 145 Å². The molecule has 130 valence electrons. The summed E-state index contributed by atoms with van der Waals surface area (Å²) >= 11 is 0. The number of urea groups is 1. The first-order valence-corrected chi connectivity index (χ1v) is 7.65. The number of anilines is 1. The lowest BCUT2D eigenvalue weighted by Crippen LogP contribution is -2.44. The fourth-order valence-electron chi connectivity index (χ4n) is 2.00. The maximum Gasteiger partial charge on any atom is 0.341 e. The van der Waals surface area contributed by atoms with Gasteiger partial charge in [-0.15, -0.1) is 0 Å². The molecule has 4 N–H and O–H groups in total. The van der Waals surface area contributed by atoms with Gasteiger partial charge in [-0.25, -0.2) is 9.59 Å². The molecular weight excluding hydrogens is 322 g/mol. The Balaban J connectivity index is 1.82. The van der Waals surface area contributed by atoms with Gasteiger partial charge in [-0.3, -0.25) is 10.1 Å². The summed E-state index contributed by atoms with van der Waals surface area (Å²) in [5, 5.41) is 4.67. The van der Waals surface area contributed by atoms with Gasteiger partial charge in [0.15, 0.2) is 6.10 Å². The van der Waals surface area contributed by atoms with Crippen molar-refractivity contribution < 1.29 is 19.1 Å². The van der Waals surface area contributed by atoms with Gasteiger partial charge < -0.3 is 15.8 Å². The first-order valence-electron chi connectivity index (χ1n) is 7.65. The second-order valence-electron chi connectivity index (χ2n) is 5.29. The highest BCUT2D eigenvalue weighted by molar-refractivity contribution is 5.99. The lowest BCUT2D eigenvalue weighted by atomic mass is 10.2. The van der Waals surface area contributed by atoms with Gasteiger partial charge in [-0.2, -0.15) is 0 Å². The zero-order chi connectivity index (χ0) is 18.2. The second kappa shape index (κ2) is 8.49. The number of nitrogen functional groups attached to an aromatic ring is 1. The van der Waals surface area contributed by atoms with Crippen molar-refractivity contribution in [3.8, 4) is 0 Å². The molecule has 2 aromatic rings. The number of rotatable bonds is 5. The molecule has 0 aromatic heterocycles. The number of nitrogens with two attached hydrogens (primary N) is 1. The Morgan fingerprint density at radius 3 is 2.36 bits per heavy atom. The van der Waals surface area contributed by atoms with Crippen LogP contribution in [-0.2, 0) is 16.1 Å². The Morgan fingerprint density at radius 2 is 1.68 bits per heavy atom. The quantitative estimate of drug-likeness (QED) is 0.568. The van der Waals surface area contributed by atoms with Crippen LogP contribution in [-0.4, -0.2) is 24.0 Å². The number of hydrogen-bond acceptors (Lipinski definition) is 5. The van der Waals surface area contributed by atoms with Gasteiger partial charge in [0, 0.05) is 12.2 Å². The van der Waals surface area contributed by atoms with E-state index in [0.29, 0.717) is 0 Å². The normalized spacial score (nSPS) is 11.2. The monoisotopic (exact) mass is 341 g/mol. The molecule has 25 heavy (non-hydrogen) atoms. The van der Waals surface area contributed by atoms with Crippen molar-refractivity contribution in [3.63, 3.8) is 0 Å². The number of hydrogen-bond donors (Lipinski definition) is 3. The molecule has 2 aromatic carbocycles. The summed E-state index contributed by atoms with van der Waals surface area (Å²) in [7, 11) is 0. The largest absolute Gasteiger partial charge is 0.449 e. The van der Waals surface area contributed by atoms with Crippen LogP contribution in [0.25, 0.3) is 0 Å². The van der Waals surface area contributed by atoms with Crippen LogP contribution in [0, 0.1) is 0 Å². The molecular formula is C18H19N3O4. The van der Waals surface area contributed by atoms with E-state index in [-0.39, 0.29) is 17.8 Å². The minimum absolute atomic E-state index is 0.163. The third-order valence-corrected chi connectivity index (χ3v) is 3.37. The van der Waals surface area contributed by atoms with Crippen LogP contribution < -0.4 is 16.4 Å². The molecule has 0 fully saturated rings. The molecule has 0 aliphatic heterocycles. The van der Waals surface area contributed by atoms with Crippen molar-refractivity contribution >= 4 is 23.6 Å². The smallest absolute Gasteiger partial charge is 0.341 e. The molecule has 3 amide bonds. The second-order valence-corrected chi connectivity index (χ2v) is 5.29. The van der Waals surface area contributed by atoms with Crippen molar-refractivity contribution in [3.05, 3.63) is 65.7 Å². The fourth-order valence-corrected chi connectivity index (χ4v) is 2.00. The number of para-hydroxylation sites is 1. The number of imide groups is 1. The molecule has 0 unspecified atom stereocenters. The number of nitrogens with one attached hydrogen (secondary N) is 2. The highest BCUT2D eigenvalue weighted by Gasteiger charge is 2.21. The van der Waals surface area contributed by atoms with E-state index >= 15 is 0 Å². The number of carbonyl (C=O) groups excluding carboxylic acids is 3. The van der Waals surface area contributed by atoms with Crippen LogP contribution in [0.4, 0.5) is 10.5 Å². The number of carbonyl (C=O) groups is 3. The Bertz CT molecular complexity index is 762. The lowest BCUT2D eigenvalue weighted by Gasteiger charge is -2.14. The first kappa shape index (κ1) is 18.0. The predicted molar refractivity (Wildman–Crippen MR) is 92.6 cm³/mol. The summed E-state index contributed by atoms with van der Waals surface area (Å²) in [4.78, 5) is 35.7. The van der Waals surface area contributed by atoms with E-state index in [2.05, 4.69) is 10.6 Å². The van der Waals surface area contributed by atoms with Gasteiger partial charge in [-0.1, -0.05) is 42.5 Å². The Morgan fingerprint density at radius 1 is 1.04 bits per heavy atom. The molecule has 0 aliphatic carbocycles. The number of esters is 1. The maximum atomic E-state index is 12.0. The Kier molecular flexibility index (Phi) is 6.11. The molecule has 0 spiro atoms. The van der Waals surface area contributed by atoms with Gasteiger partial charge in [0.1, 0.15) is 0 Å². The standard InChI is InChI=1S/C18H19N3O4/c1-12(25-17(23)14-9-5-6-10-15(14)19)16(22)21-18(24)20-11-13-7-3-2-4-8-13/h2-10,12H,11,19H2,1H3,(H2,20,21,22,24)/t12-/m1/s1. The predicted octanol–water partition coefficient (Wildman–Crippen LogP) is 1.84. The molecule has 0 bridgehead atoms. The third-order valence-electron chi connectivity index (χ3n) is 3.37. The molecule has 0 heterocycles. The average Bonchev–Trinajstić information content (AvgIpc) is 2.61. The van der Waals surface area contributed by atoms with Crippen molar-refractivity contribution in [2.24, 2.45) is 0 Å². The van der Waals surface area contributed by atoms with Gasteiger partial charge in [0.25, 0.3) is 5.91 Å². The lowest BCUT2D eigenvalue weighted by molar-refractivity contribution is -0.127. The first-order chi connectivity index (χ1) is 12.0. The molecule has 2 rings (SSSR count). The molecule has 0 aliphatic rings. The van der Waals surface area contributed by atoms with Crippen LogP contribution >= 0.6 is 0 Å². The molecule has 0 saturated carbocycles. The van der Waals surface area contributed by atoms with E-state index in [1.165, 1.54) is 13.0 Å². The number of amides is 3. The third kappa shape index (κ3) is 5.35.